The molecular weight excluding hydrogens is 396 g/mol. The fourth-order valence-electron chi connectivity index (χ4n) is 2.94. The summed E-state index contributed by atoms with van der Waals surface area (Å²) in [5, 5.41) is 14.9. The summed E-state index contributed by atoms with van der Waals surface area (Å²) in [6.45, 7) is 4.78. The van der Waals surface area contributed by atoms with Gasteiger partial charge in [0.05, 0.1) is 0 Å². The molecule has 0 aliphatic carbocycles. The van der Waals surface area contributed by atoms with Crippen molar-refractivity contribution in [2.45, 2.75) is 33.1 Å². The predicted molar refractivity (Wildman–Crippen MR) is 120 cm³/mol. The minimum atomic E-state index is -0.317. The Bertz CT molecular complexity index is 986. The second-order valence-electron chi connectivity index (χ2n) is 7.48. The van der Waals surface area contributed by atoms with E-state index in [1.807, 2.05) is 18.2 Å². The monoisotopic (exact) mass is 422 g/mol. The number of aryl methyl sites for hydroxylation is 1. The summed E-state index contributed by atoms with van der Waals surface area (Å²) in [5.74, 6) is -0.0195. The third-order valence-electron chi connectivity index (χ3n) is 4.40. The molecule has 0 unspecified atom stereocenters. The van der Waals surface area contributed by atoms with Crippen LogP contribution in [0, 0.1) is 5.92 Å². The first-order valence-corrected chi connectivity index (χ1v) is 10.9. The topological polar surface area (TPSA) is 84.0 Å². The molecule has 0 saturated heterocycles. The summed E-state index contributed by atoms with van der Waals surface area (Å²) in [7, 11) is 0. The Morgan fingerprint density at radius 1 is 1.00 bits per heavy atom. The molecule has 0 saturated carbocycles. The molecule has 3 rings (SSSR count). The maximum absolute atomic E-state index is 12.4. The summed E-state index contributed by atoms with van der Waals surface area (Å²) in [6.07, 6.45) is 2.57. The van der Waals surface area contributed by atoms with E-state index in [1.165, 1.54) is 16.9 Å². The molecular formula is C23H26N4O2S. The van der Waals surface area contributed by atoms with Crippen LogP contribution in [0.3, 0.4) is 0 Å². The Balaban J connectivity index is 1.51. The zero-order chi connectivity index (χ0) is 21.3. The molecule has 0 spiro atoms. The van der Waals surface area contributed by atoms with E-state index in [0.29, 0.717) is 28.7 Å². The van der Waals surface area contributed by atoms with Gasteiger partial charge in [-0.15, -0.1) is 10.2 Å². The first-order chi connectivity index (χ1) is 14.5. The maximum atomic E-state index is 12.4. The number of benzene rings is 2. The first-order valence-electron chi connectivity index (χ1n) is 10.1. The van der Waals surface area contributed by atoms with Gasteiger partial charge >= 0.3 is 0 Å². The first kappa shape index (κ1) is 21.6. The molecule has 156 valence electrons. The van der Waals surface area contributed by atoms with Crippen molar-refractivity contribution in [2.75, 3.05) is 11.9 Å². The number of amides is 2. The molecule has 0 radical (unpaired) electrons. The normalized spacial score (nSPS) is 10.8. The lowest BCUT2D eigenvalue weighted by atomic mass is 10.1. The fourth-order valence-corrected chi connectivity index (χ4v) is 3.89. The van der Waals surface area contributed by atoms with Crippen LogP contribution in [0.1, 0.15) is 51.0 Å². The van der Waals surface area contributed by atoms with Crippen LogP contribution in [0.4, 0.5) is 5.69 Å². The SMILES string of the molecule is CC(C)Cc1nnc(C(=O)Nc2cccc(C(=O)NCCCc3ccccc3)c2)s1. The average molecular weight is 423 g/mol. The van der Waals surface area contributed by atoms with Crippen LogP contribution in [0.5, 0.6) is 0 Å². The van der Waals surface area contributed by atoms with E-state index in [1.54, 1.807) is 24.3 Å². The largest absolute Gasteiger partial charge is 0.352 e. The lowest BCUT2D eigenvalue weighted by Gasteiger charge is -2.08. The van der Waals surface area contributed by atoms with Crippen LogP contribution in [0.15, 0.2) is 54.6 Å². The van der Waals surface area contributed by atoms with Crippen LogP contribution in [0.2, 0.25) is 0 Å². The standard InChI is InChI=1S/C23H26N4O2S/c1-16(2)14-20-26-27-23(30-20)22(29)25-19-12-6-11-18(15-19)21(28)24-13-7-10-17-8-4-3-5-9-17/h3-6,8-9,11-12,15-16H,7,10,13-14H2,1-2H3,(H,24,28)(H,25,29). The minimum absolute atomic E-state index is 0.158. The smallest absolute Gasteiger partial charge is 0.286 e. The van der Waals surface area contributed by atoms with Gasteiger partial charge in [-0.05, 0) is 42.5 Å². The third-order valence-corrected chi connectivity index (χ3v) is 5.34. The summed E-state index contributed by atoms with van der Waals surface area (Å²) in [4.78, 5) is 24.9. The van der Waals surface area contributed by atoms with E-state index in [-0.39, 0.29) is 11.8 Å². The lowest BCUT2D eigenvalue weighted by Crippen LogP contribution is -2.25. The highest BCUT2D eigenvalue weighted by Gasteiger charge is 2.14. The summed E-state index contributed by atoms with van der Waals surface area (Å²) in [6, 6.07) is 17.1. The van der Waals surface area contributed by atoms with Crippen LogP contribution in [-0.2, 0) is 12.8 Å². The highest BCUT2D eigenvalue weighted by molar-refractivity contribution is 7.13. The van der Waals surface area contributed by atoms with Gasteiger partial charge in [0.2, 0.25) is 5.01 Å². The van der Waals surface area contributed by atoms with Crippen LogP contribution >= 0.6 is 11.3 Å². The van der Waals surface area contributed by atoms with Crippen molar-refractivity contribution in [3.63, 3.8) is 0 Å². The molecule has 30 heavy (non-hydrogen) atoms. The molecule has 2 amide bonds. The van der Waals surface area contributed by atoms with Gasteiger partial charge in [-0.3, -0.25) is 9.59 Å². The molecule has 2 N–H and O–H groups in total. The molecule has 0 aliphatic heterocycles. The number of carbonyl (C=O) groups excluding carboxylic acids is 2. The number of aromatic nitrogens is 2. The van der Waals surface area contributed by atoms with Crippen molar-refractivity contribution in [2.24, 2.45) is 5.92 Å². The van der Waals surface area contributed by atoms with E-state index >= 15 is 0 Å². The number of hydrogen-bond acceptors (Lipinski definition) is 5. The molecule has 0 aliphatic rings. The Morgan fingerprint density at radius 3 is 2.57 bits per heavy atom. The Hall–Kier alpha value is -3.06. The number of hydrogen-bond donors (Lipinski definition) is 2. The van der Waals surface area contributed by atoms with E-state index < -0.39 is 0 Å². The molecule has 1 heterocycles. The van der Waals surface area contributed by atoms with Crippen LogP contribution in [0.25, 0.3) is 0 Å². The van der Waals surface area contributed by atoms with Crippen molar-refractivity contribution in [1.82, 2.24) is 15.5 Å². The summed E-state index contributed by atoms with van der Waals surface area (Å²) < 4.78 is 0. The zero-order valence-electron chi connectivity index (χ0n) is 17.2. The Kier molecular flexibility index (Phi) is 7.68. The van der Waals surface area contributed by atoms with Gasteiger partial charge in [0.25, 0.3) is 11.8 Å². The van der Waals surface area contributed by atoms with E-state index in [2.05, 4.69) is 46.8 Å². The van der Waals surface area contributed by atoms with Gasteiger partial charge in [-0.2, -0.15) is 0 Å². The molecule has 7 heteroatoms. The molecule has 0 bridgehead atoms. The van der Waals surface area contributed by atoms with Gasteiger partial charge in [0.1, 0.15) is 5.01 Å². The van der Waals surface area contributed by atoms with Crippen molar-refractivity contribution in [3.05, 3.63) is 75.7 Å². The number of nitrogens with one attached hydrogen (secondary N) is 2. The highest BCUT2D eigenvalue weighted by Crippen LogP contribution is 2.17. The van der Waals surface area contributed by atoms with Crippen LogP contribution < -0.4 is 10.6 Å². The van der Waals surface area contributed by atoms with Crippen molar-refractivity contribution in [3.8, 4) is 0 Å². The molecule has 3 aromatic rings. The van der Waals surface area contributed by atoms with Gasteiger partial charge < -0.3 is 10.6 Å². The quantitative estimate of drug-likeness (QED) is 0.502. The van der Waals surface area contributed by atoms with Gasteiger partial charge in [-0.1, -0.05) is 61.6 Å². The van der Waals surface area contributed by atoms with E-state index in [9.17, 15) is 9.59 Å². The molecule has 2 aromatic carbocycles. The number of rotatable bonds is 9. The summed E-state index contributed by atoms with van der Waals surface area (Å²) in [5.41, 5.74) is 2.31. The number of nitrogens with zero attached hydrogens (tertiary/aromatic N) is 2. The second-order valence-corrected chi connectivity index (χ2v) is 8.54. The average Bonchev–Trinajstić information content (AvgIpc) is 3.20. The van der Waals surface area contributed by atoms with Crippen LogP contribution in [-0.4, -0.2) is 28.6 Å². The van der Waals surface area contributed by atoms with Gasteiger partial charge in [-0.25, -0.2) is 0 Å². The highest BCUT2D eigenvalue weighted by atomic mass is 32.1. The fraction of sp³-hybridized carbons (Fsp3) is 0.304. The number of carbonyl (C=O) groups is 2. The predicted octanol–water partition coefficient (Wildman–Crippen LogP) is 4.35. The van der Waals surface area contributed by atoms with E-state index in [4.69, 9.17) is 0 Å². The van der Waals surface area contributed by atoms with Crippen molar-refractivity contribution in [1.29, 1.82) is 0 Å². The van der Waals surface area contributed by atoms with Crippen molar-refractivity contribution < 1.29 is 9.59 Å². The number of anilines is 1. The second kappa shape index (κ2) is 10.6. The maximum Gasteiger partial charge on any atom is 0.286 e. The Labute approximate surface area is 180 Å². The Morgan fingerprint density at radius 2 is 1.80 bits per heavy atom. The minimum Gasteiger partial charge on any atom is -0.352 e. The molecule has 6 nitrogen and oxygen atoms in total. The summed E-state index contributed by atoms with van der Waals surface area (Å²) >= 11 is 1.30. The zero-order valence-corrected chi connectivity index (χ0v) is 18.0. The molecule has 1 aromatic heterocycles. The van der Waals surface area contributed by atoms with E-state index in [0.717, 1.165) is 24.3 Å². The molecule has 0 atom stereocenters. The lowest BCUT2D eigenvalue weighted by molar-refractivity contribution is 0.0951. The van der Waals surface area contributed by atoms with Gasteiger partial charge in [0.15, 0.2) is 0 Å². The third kappa shape index (κ3) is 6.49. The molecule has 0 fully saturated rings. The van der Waals surface area contributed by atoms with Crippen molar-refractivity contribution >= 4 is 28.8 Å². The van der Waals surface area contributed by atoms with Gasteiger partial charge in [0, 0.05) is 24.2 Å².